The van der Waals surface area contributed by atoms with Crippen LogP contribution in [-0.4, -0.2) is 41.6 Å². The van der Waals surface area contributed by atoms with Gasteiger partial charge in [-0.15, -0.1) is 24.0 Å². The number of aromatic nitrogens is 1. The maximum absolute atomic E-state index is 12.1. The molecule has 4 N–H and O–H groups in total. The number of guanidine groups is 1. The van der Waals surface area contributed by atoms with Gasteiger partial charge in [0.15, 0.2) is 5.96 Å². The standard InChI is InChI=1S/C23H27N5O3.HI/c1-2-24-23(26-13-7-12-25-21(30)18-10-6-11-20(29)14-18)27-15-19-16-31-22(28-19)17-8-4-3-5-9-17;/h3-6,8-11,14,16,29H,2,7,12-13,15H2,1H3,(H,25,30)(H2,24,26,27);1H. The highest BCUT2D eigenvalue weighted by atomic mass is 127. The zero-order valence-electron chi connectivity index (χ0n) is 17.9. The first-order valence-electron chi connectivity index (χ1n) is 10.2. The number of amides is 1. The van der Waals surface area contributed by atoms with E-state index in [4.69, 9.17) is 4.42 Å². The van der Waals surface area contributed by atoms with E-state index < -0.39 is 0 Å². The van der Waals surface area contributed by atoms with Crippen LogP contribution in [0, 0.1) is 0 Å². The van der Waals surface area contributed by atoms with Gasteiger partial charge in [0.1, 0.15) is 17.7 Å². The molecule has 0 bridgehead atoms. The molecule has 170 valence electrons. The Labute approximate surface area is 204 Å². The van der Waals surface area contributed by atoms with Crippen molar-refractivity contribution in [2.75, 3.05) is 19.6 Å². The van der Waals surface area contributed by atoms with Crippen molar-refractivity contribution in [1.82, 2.24) is 20.9 Å². The van der Waals surface area contributed by atoms with E-state index >= 15 is 0 Å². The molecule has 0 spiro atoms. The Hall–Kier alpha value is -3.08. The van der Waals surface area contributed by atoms with Crippen LogP contribution in [0.5, 0.6) is 5.75 Å². The van der Waals surface area contributed by atoms with Gasteiger partial charge in [0, 0.05) is 30.8 Å². The minimum absolute atomic E-state index is 0. The molecule has 0 saturated carbocycles. The largest absolute Gasteiger partial charge is 0.508 e. The zero-order valence-corrected chi connectivity index (χ0v) is 20.2. The average molecular weight is 549 g/mol. The van der Waals surface area contributed by atoms with Crippen molar-refractivity contribution in [3.05, 3.63) is 72.1 Å². The van der Waals surface area contributed by atoms with Crippen molar-refractivity contribution in [3.63, 3.8) is 0 Å². The Balaban J connectivity index is 0.00000363. The molecule has 1 aromatic heterocycles. The van der Waals surface area contributed by atoms with Gasteiger partial charge in [0.05, 0.1) is 6.54 Å². The summed E-state index contributed by atoms with van der Waals surface area (Å²) in [5.41, 5.74) is 2.11. The number of carbonyl (C=O) groups is 1. The molecule has 0 radical (unpaired) electrons. The Bertz CT molecular complexity index is 1010. The Morgan fingerprint density at radius 1 is 1.06 bits per heavy atom. The van der Waals surface area contributed by atoms with Gasteiger partial charge < -0.3 is 25.5 Å². The van der Waals surface area contributed by atoms with E-state index in [0.29, 0.717) is 37.0 Å². The lowest BCUT2D eigenvalue weighted by atomic mass is 10.2. The van der Waals surface area contributed by atoms with Crippen LogP contribution >= 0.6 is 24.0 Å². The molecule has 0 unspecified atom stereocenters. The number of nitrogens with one attached hydrogen (secondary N) is 3. The number of hydrogen-bond donors (Lipinski definition) is 4. The third kappa shape index (κ3) is 7.88. The summed E-state index contributed by atoms with van der Waals surface area (Å²) in [6.07, 6.45) is 2.34. The number of phenols is 1. The number of rotatable bonds is 9. The first-order chi connectivity index (χ1) is 15.2. The molecule has 3 aromatic rings. The summed E-state index contributed by atoms with van der Waals surface area (Å²) in [5.74, 6) is 1.11. The molecule has 0 fully saturated rings. The van der Waals surface area contributed by atoms with E-state index in [-0.39, 0.29) is 35.6 Å². The summed E-state index contributed by atoms with van der Waals surface area (Å²) < 4.78 is 5.55. The lowest BCUT2D eigenvalue weighted by Crippen LogP contribution is -2.38. The normalized spacial score (nSPS) is 10.8. The second-order valence-electron chi connectivity index (χ2n) is 6.79. The van der Waals surface area contributed by atoms with Crippen LogP contribution in [0.1, 0.15) is 29.4 Å². The molecule has 0 aliphatic heterocycles. The van der Waals surface area contributed by atoms with Gasteiger partial charge in [-0.25, -0.2) is 9.98 Å². The summed E-state index contributed by atoms with van der Waals surface area (Å²) in [4.78, 5) is 21.1. The first kappa shape index (κ1) is 25.2. The van der Waals surface area contributed by atoms with Crippen LogP contribution < -0.4 is 16.0 Å². The summed E-state index contributed by atoms with van der Waals surface area (Å²) >= 11 is 0. The van der Waals surface area contributed by atoms with Gasteiger partial charge in [0.25, 0.3) is 5.91 Å². The van der Waals surface area contributed by atoms with Gasteiger partial charge in [-0.2, -0.15) is 0 Å². The topological polar surface area (TPSA) is 112 Å². The fraction of sp³-hybridized carbons (Fsp3) is 0.261. The number of phenolic OH excluding ortho intramolecular Hbond substituents is 1. The van der Waals surface area contributed by atoms with Crippen LogP contribution in [0.3, 0.4) is 0 Å². The average Bonchev–Trinajstić information content (AvgIpc) is 3.27. The molecule has 32 heavy (non-hydrogen) atoms. The van der Waals surface area contributed by atoms with Crippen molar-refractivity contribution < 1.29 is 14.3 Å². The molecule has 3 rings (SSSR count). The van der Waals surface area contributed by atoms with E-state index in [2.05, 4.69) is 25.9 Å². The molecule has 1 heterocycles. The highest BCUT2D eigenvalue weighted by molar-refractivity contribution is 14.0. The van der Waals surface area contributed by atoms with Gasteiger partial charge in [-0.05, 0) is 43.7 Å². The number of carbonyl (C=O) groups excluding carboxylic acids is 1. The number of aromatic hydroxyl groups is 1. The Kier molecular flexibility index (Phi) is 10.5. The maximum atomic E-state index is 12.1. The number of halogens is 1. The van der Waals surface area contributed by atoms with Crippen molar-refractivity contribution in [3.8, 4) is 17.2 Å². The molecule has 2 aromatic carbocycles. The monoisotopic (exact) mass is 549 g/mol. The van der Waals surface area contributed by atoms with Crippen LogP contribution in [0.4, 0.5) is 0 Å². The summed E-state index contributed by atoms with van der Waals surface area (Å²) in [5, 5.41) is 18.7. The fourth-order valence-electron chi connectivity index (χ4n) is 2.84. The van der Waals surface area contributed by atoms with E-state index in [1.807, 2.05) is 37.3 Å². The molecule has 0 aliphatic carbocycles. The van der Waals surface area contributed by atoms with Crippen molar-refractivity contribution in [2.24, 2.45) is 4.99 Å². The van der Waals surface area contributed by atoms with Crippen LogP contribution in [0.15, 0.2) is 70.3 Å². The van der Waals surface area contributed by atoms with Gasteiger partial charge >= 0.3 is 0 Å². The smallest absolute Gasteiger partial charge is 0.251 e. The predicted octanol–water partition coefficient (Wildman–Crippen LogP) is 3.54. The molecule has 8 nitrogen and oxygen atoms in total. The second-order valence-corrected chi connectivity index (χ2v) is 6.79. The third-order valence-corrected chi connectivity index (χ3v) is 4.36. The van der Waals surface area contributed by atoms with E-state index in [1.165, 1.54) is 12.1 Å². The minimum atomic E-state index is -0.211. The molecular weight excluding hydrogens is 521 g/mol. The molecule has 1 amide bonds. The highest BCUT2D eigenvalue weighted by Gasteiger charge is 2.07. The third-order valence-electron chi connectivity index (χ3n) is 4.36. The van der Waals surface area contributed by atoms with Crippen LogP contribution in [-0.2, 0) is 6.54 Å². The van der Waals surface area contributed by atoms with E-state index in [1.54, 1.807) is 18.4 Å². The maximum Gasteiger partial charge on any atom is 0.251 e. The van der Waals surface area contributed by atoms with E-state index in [0.717, 1.165) is 24.2 Å². The Morgan fingerprint density at radius 3 is 2.59 bits per heavy atom. The molecule has 0 aliphatic rings. The van der Waals surface area contributed by atoms with Gasteiger partial charge in [-0.1, -0.05) is 24.3 Å². The molecule has 9 heteroatoms. The van der Waals surface area contributed by atoms with Crippen LogP contribution in [0.2, 0.25) is 0 Å². The lowest BCUT2D eigenvalue weighted by Gasteiger charge is -2.11. The number of oxazole rings is 1. The van der Waals surface area contributed by atoms with Crippen LogP contribution in [0.25, 0.3) is 11.5 Å². The summed E-state index contributed by atoms with van der Waals surface area (Å²) in [7, 11) is 0. The number of nitrogens with zero attached hydrogens (tertiary/aromatic N) is 2. The summed E-state index contributed by atoms with van der Waals surface area (Å²) in [6, 6.07) is 16.0. The highest BCUT2D eigenvalue weighted by Crippen LogP contribution is 2.18. The quantitative estimate of drug-likeness (QED) is 0.141. The zero-order chi connectivity index (χ0) is 21.9. The SMILES string of the molecule is CCNC(=NCc1coc(-c2ccccc2)n1)NCCCNC(=O)c1cccc(O)c1.I. The van der Waals surface area contributed by atoms with Crippen molar-refractivity contribution in [2.45, 2.75) is 19.9 Å². The van der Waals surface area contributed by atoms with Gasteiger partial charge in [0.2, 0.25) is 5.89 Å². The van der Waals surface area contributed by atoms with Gasteiger partial charge in [-0.3, -0.25) is 4.79 Å². The number of benzene rings is 2. The Morgan fingerprint density at radius 2 is 1.84 bits per heavy atom. The summed E-state index contributed by atoms with van der Waals surface area (Å²) in [6.45, 7) is 4.26. The molecule has 0 saturated heterocycles. The molecular formula is C23H28IN5O3. The first-order valence-corrected chi connectivity index (χ1v) is 10.2. The minimum Gasteiger partial charge on any atom is -0.508 e. The van der Waals surface area contributed by atoms with E-state index in [9.17, 15) is 9.90 Å². The number of aliphatic imine (C=N–C) groups is 1. The fourth-order valence-corrected chi connectivity index (χ4v) is 2.84. The van der Waals surface area contributed by atoms with Crippen molar-refractivity contribution >= 4 is 35.8 Å². The lowest BCUT2D eigenvalue weighted by molar-refractivity contribution is 0.0953. The van der Waals surface area contributed by atoms with Crippen molar-refractivity contribution in [1.29, 1.82) is 0 Å². The predicted molar refractivity (Wildman–Crippen MR) is 135 cm³/mol. The molecule has 0 atom stereocenters. The number of hydrogen-bond acceptors (Lipinski definition) is 5. The second kappa shape index (κ2) is 13.4.